The first-order valence-electron chi connectivity index (χ1n) is 9.00. The van der Waals surface area contributed by atoms with Gasteiger partial charge in [-0.2, -0.15) is 0 Å². The number of carbonyl (C=O) groups excluding carboxylic acids is 1. The van der Waals surface area contributed by atoms with Crippen molar-refractivity contribution in [1.29, 1.82) is 0 Å². The largest absolute Gasteiger partial charge is 0.374 e. The van der Waals surface area contributed by atoms with Crippen LogP contribution in [-0.4, -0.2) is 18.0 Å². The Kier molecular flexibility index (Phi) is 1.80. The molecule has 0 aromatic rings. The van der Waals surface area contributed by atoms with Crippen LogP contribution in [0.1, 0.15) is 58.3 Å². The molecule has 21 heavy (non-hydrogen) atoms. The molecular weight excluding hydrogens is 260 g/mol. The van der Waals surface area contributed by atoms with Gasteiger partial charge >= 0.3 is 0 Å². The number of hydrogen-bond donors (Lipinski definition) is 0. The molecule has 1 heterocycles. The standard InChI is InChI=1S/C19H24O2/c1-17-9-16-19-10-18(19)7-6-12(20)8-11(18)2-3-14(19)13(17)4-5-15(17)21-16/h8,13-16H,2-7,9-10H2,1H3/t13-,14-,15-,16+,17+,18+,19-/m0/s1. The van der Waals surface area contributed by atoms with Crippen LogP contribution in [0.2, 0.25) is 0 Å². The Balaban J connectivity index is 1.52. The molecule has 6 aliphatic rings. The van der Waals surface area contributed by atoms with Crippen molar-refractivity contribution < 1.29 is 9.53 Å². The molecule has 0 N–H and O–H groups in total. The Bertz CT molecular complexity index is 607. The monoisotopic (exact) mass is 284 g/mol. The Morgan fingerprint density at radius 3 is 2.95 bits per heavy atom. The van der Waals surface area contributed by atoms with Gasteiger partial charge in [-0.15, -0.1) is 0 Å². The molecule has 1 saturated heterocycles. The minimum absolute atomic E-state index is 0.380. The Hall–Kier alpha value is -0.630. The molecular formula is C19H24O2. The molecule has 4 saturated carbocycles. The predicted octanol–water partition coefficient (Wildman–Crippen LogP) is 3.65. The molecule has 2 bridgehead atoms. The highest BCUT2D eigenvalue weighted by Crippen LogP contribution is 2.86. The van der Waals surface area contributed by atoms with Crippen LogP contribution in [0, 0.1) is 28.1 Å². The third-order valence-corrected chi connectivity index (χ3v) is 8.83. The smallest absolute Gasteiger partial charge is 0.155 e. The Labute approximate surface area is 126 Å². The van der Waals surface area contributed by atoms with Gasteiger partial charge in [0.1, 0.15) is 0 Å². The molecule has 0 aromatic heterocycles. The van der Waals surface area contributed by atoms with Gasteiger partial charge in [-0.1, -0.05) is 12.5 Å². The van der Waals surface area contributed by atoms with E-state index < -0.39 is 0 Å². The van der Waals surface area contributed by atoms with Crippen molar-refractivity contribution in [2.24, 2.45) is 28.1 Å². The highest BCUT2D eigenvalue weighted by atomic mass is 16.5. The fourth-order valence-electron chi connectivity index (χ4n) is 8.02. The highest BCUT2D eigenvalue weighted by molar-refractivity contribution is 5.92. The van der Waals surface area contributed by atoms with Crippen molar-refractivity contribution in [3.05, 3.63) is 11.6 Å². The van der Waals surface area contributed by atoms with Gasteiger partial charge in [-0.25, -0.2) is 0 Å². The van der Waals surface area contributed by atoms with E-state index in [4.69, 9.17) is 4.74 Å². The van der Waals surface area contributed by atoms with Crippen LogP contribution in [0.15, 0.2) is 11.6 Å². The molecule has 2 nitrogen and oxygen atoms in total. The molecule has 5 fully saturated rings. The lowest BCUT2D eigenvalue weighted by atomic mass is 9.52. The number of carbonyl (C=O) groups is 1. The summed E-state index contributed by atoms with van der Waals surface area (Å²) in [5.41, 5.74) is 2.83. The summed E-state index contributed by atoms with van der Waals surface area (Å²) in [6.07, 6.45) is 12.9. The first kappa shape index (κ1) is 11.9. The molecule has 1 aliphatic heterocycles. The normalized spacial score (nSPS) is 62.7. The maximum absolute atomic E-state index is 11.9. The number of ether oxygens (including phenoxy) is 1. The second-order valence-electron chi connectivity index (χ2n) is 9.09. The summed E-state index contributed by atoms with van der Waals surface area (Å²) in [6, 6.07) is 0. The van der Waals surface area contributed by atoms with Crippen LogP contribution in [-0.2, 0) is 9.53 Å². The zero-order valence-electron chi connectivity index (χ0n) is 12.9. The maximum atomic E-state index is 11.9. The number of rotatable bonds is 0. The first-order valence-corrected chi connectivity index (χ1v) is 9.00. The second-order valence-corrected chi connectivity index (χ2v) is 9.09. The minimum atomic E-state index is 0.380. The molecule has 112 valence electrons. The van der Waals surface area contributed by atoms with Crippen LogP contribution in [0.5, 0.6) is 0 Å². The van der Waals surface area contributed by atoms with Crippen molar-refractivity contribution >= 4 is 5.78 Å². The van der Waals surface area contributed by atoms with Gasteiger partial charge in [0, 0.05) is 17.3 Å². The van der Waals surface area contributed by atoms with Gasteiger partial charge in [-0.3, -0.25) is 4.79 Å². The third kappa shape index (κ3) is 1.03. The van der Waals surface area contributed by atoms with E-state index in [0.29, 0.717) is 34.2 Å². The van der Waals surface area contributed by atoms with Crippen molar-refractivity contribution in [2.45, 2.75) is 70.5 Å². The van der Waals surface area contributed by atoms with Crippen molar-refractivity contribution in [3.8, 4) is 0 Å². The number of ketones is 1. The van der Waals surface area contributed by atoms with Gasteiger partial charge in [-0.05, 0) is 68.3 Å². The van der Waals surface area contributed by atoms with E-state index >= 15 is 0 Å². The van der Waals surface area contributed by atoms with Crippen LogP contribution >= 0.6 is 0 Å². The summed E-state index contributed by atoms with van der Waals surface area (Å²) in [6.45, 7) is 2.52. The quantitative estimate of drug-likeness (QED) is 0.678. The summed E-state index contributed by atoms with van der Waals surface area (Å²) >= 11 is 0. The van der Waals surface area contributed by atoms with E-state index in [2.05, 4.69) is 6.92 Å². The molecule has 5 aliphatic carbocycles. The zero-order valence-corrected chi connectivity index (χ0v) is 12.9. The van der Waals surface area contributed by atoms with Gasteiger partial charge in [0.2, 0.25) is 0 Å². The van der Waals surface area contributed by atoms with Crippen molar-refractivity contribution in [3.63, 3.8) is 0 Å². The van der Waals surface area contributed by atoms with Gasteiger partial charge in [0.15, 0.2) is 5.78 Å². The lowest BCUT2D eigenvalue weighted by molar-refractivity contribution is -0.116. The van der Waals surface area contributed by atoms with Crippen LogP contribution in [0.25, 0.3) is 0 Å². The average molecular weight is 284 g/mol. The van der Waals surface area contributed by atoms with Crippen LogP contribution in [0.3, 0.4) is 0 Å². The van der Waals surface area contributed by atoms with E-state index in [1.54, 1.807) is 0 Å². The number of fused-ring (bicyclic) bond motifs is 2. The fraction of sp³-hybridized carbons (Fsp3) is 0.842. The third-order valence-electron chi connectivity index (χ3n) is 8.83. The molecule has 0 amide bonds. The minimum Gasteiger partial charge on any atom is -0.374 e. The van der Waals surface area contributed by atoms with Crippen molar-refractivity contribution in [1.82, 2.24) is 0 Å². The Morgan fingerprint density at radius 2 is 2.05 bits per heavy atom. The second kappa shape index (κ2) is 3.18. The van der Waals surface area contributed by atoms with Gasteiger partial charge < -0.3 is 4.74 Å². The van der Waals surface area contributed by atoms with E-state index in [0.717, 1.165) is 24.7 Å². The number of hydrogen-bond acceptors (Lipinski definition) is 2. The summed E-state index contributed by atoms with van der Waals surface area (Å²) in [7, 11) is 0. The molecule has 0 radical (unpaired) electrons. The summed E-state index contributed by atoms with van der Waals surface area (Å²) in [5, 5.41) is 0. The van der Waals surface area contributed by atoms with E-state index in [1.165, 1.54) is 44.1 Å². The molecule has 0 aromatic carbocycles. The molecule has 0 unspecified atom stereocenters. The SMILES string of the molecule is C[C@]12C[C@H]3O[C@H]1CC[C@H]2[C@@H]1CCC2=CC(=O)CC[C@@]24C[C@@]314. The van der Waals surface area contributed by atoms with Gasteiger partial charge in [0.05, 0.1) is 12.2 Å². The highest BCUT2D eigenvalue weighted by Gasteiger charge is 2.82. The lowest BCUT2D eigenvalue weighted by Crippen LogP contribution is -2.49. The summed E-state index contributed by atoms with van der Waals surface area (Å²) < 4.78 is 6.65. The topological polar surface area (TPSA) is 26.3 Å². The average Bonchev–Trinajstić information content (AvgIpc) is 2.89. The predicted molar refractivity (Wildman–Crippen MR) is 78.6 cm³/mol. The van der Waals surface area contributed by atoms with E-state index in [9.17, 15) is 4.79 Å². The Morgan fingerprint density at radius 1 is 1.14 bits per heavy atom. The lowest BCUT2D eigenvalue weighted by Gasteiger charge is -2.51. The first-order chi connectivity index (χ1) is 10.1. The van der Waals surface area contributed by atoms with Crippen LogP contribution in [0.4, 0.5) is 0 Å². The zero-order chi connectivity index (χ0) is 14.0. The van der Waals surface area contributed by atoms with Gasteiger partial charge in [0.25, 0.3) is 0 Å². The van der Waals surface area contributed by atoms with Crippen molar-refractivity contribution in [2.75, 3.05) is 0 Å². The molecule has 6 rings (SSSR count). The van der Waals surface area contributed by atoms with Crippen LogP contribution < -0.4 is 0 Å². The van der Waals surface area contributed by atoms with E-state index in [1.807, 2.05) is 6.08 Å². The maximum Gasteiger partial charge on any atom is 0.155 e. The van der Waals surface area contributed by atoms with E-state index in [-0.39, 0.29) is 0 Å². The summed E-state index contributed by atoms with van der Waals surface area (Å²) in [4.78, 5) is 11.9. The molecule has 2 spiro atoms. The molecule has 7 atom stereocenters. The fourth-order valence-corrected chi connectivity index (χ4v) is 8.02. The molecule has 2 heteroatoms. The summed E-state index contributed by atoms with van der Waals surface area (Å²) in [5.74, 6) is 2.17. The number of allylic oxidation sites excluding steroid dienone is 1.